The Morgan fingerprint density at radius 1 is 1.12 bits per heavy atom. The van der Waals surface area contributed by atoms with Crippen LogP contribution in [0.5, 0.6) is 0 Å². The highest BCUT2D eigenvalue weighted by Crippen LogP contribution is 2.17. The fourth-order valence-electron chi connectivity index (χ4n) is 2.58. The van der Waals surface area contributed by atoms with Crippen LogP contribution in [0.25, 0.3) is 0 Å². The highest BCUT2D eigenvalue weighted by molar-refractivity contribution is 7.89. The highest BCUT2D eigenvalue weighted by atomic mass is 32.2. The lowest BCUT2D eigenvalue weighted by atomic mass is 10.4. The van der Waals surface area contributed by atoms with E-state index in [2.05, 4.69) is 5.10 Å². The minimum Gasteiger partial charge on any atom is -0.282 e. The Kier molecular flexibility index (Phi) is 4.60. The first-order valence-electron chi connectivity index (χ1n) is 7.41. The SMILES string of the molecule is O=[N+]([O-])c1cnn(CN2CCN(S(=O)(=O)c3ccccc3)CC2)c1. The first-order chi connectivity index (χ1) is 11.5. The Bertz CT molecular complexity index is 813. The Labute approximate surface area is 139 Å². The zero-order chi connectivity index (χ0) is 17.2. The molecule has 0 amide bonds. The summed E-state index contributed by atoms with van der Waals surface area (Å²) in [4.78, 5) is 12.5. The molecule has 1 fully saturated rings. The minimum absolute atomic E-state index is 0.0553. The van der Waals surface area contributed by atoms with Crippen LogP contribution >= 0.6 is 0 Å². The van der Waals surface area contributed by atoms with Crippen molar-refractivity contribution in [3.05, 3.63) is 52.8 Å². The monoisotopic (exact) mass is 351 g/mol. The number of nitrogens with zero attached hydrogens (tertiary/aromatic N) is 5. The first-order valence-corrected chi connectivity index (χ1v) is 8.85. The molecule has 1 aliphatic rings. The number of hydrogen-bond acceptors (Lipinski definition) is 6. The van der Waals surface area contributed by atoms with Gasteiger partial charge in [0.05, 0.1) is 16.5 Å². The van der Waals surface area contributed by atoms with Crippen LogP contribution in [0.1, 0.15) is 0 Å². The summed E-state index contributed by atoms with van der Waals surface area (Å²) in [5.41, 5.74) is -0.0553. The lowest BCUT2D eigenvalue weighted by molar-refractivity contribution is -0.385. The van der Waals surface area contributed by atoms with Crippen molar-refractivity contribution < 1.29 is 13.3 Å². The van der Waals surface area contributed by atoms with Gasteiger partial charge in [0, 0.05) is 26.2 Å². The molecule has 24 heavy (non-hydrogen) atoms. The van der Waals surface area contributed by atoms with Crippen LogP contribution < -0.4 is 0 Å². The Morgan fingerprint density at radius 2 is 1.79 bits per heavy atom. The maximum Gasteiger partial charge on any atom is 0.307 e. The molecule has 0 atom stereocenters. The third kappa shape index (κ3) is 3.45. The van der Waals surface area contributed by atoms with E-state index in [4.69, 9.17) is 0 Å². The average Bonchev–Trinajstić information content (AvgIpc) is 3.05. The molecule has 0 saturated carbocycles. The first kappa shape index (κ1) is 16.6. The van der Waals surface area contributed by atoms with Gasteiger partial charge in [-0.15, -0.1) is 0 Å². The summed E-state index contributed by atoms with van der Waals surface area (Å²) in [6.07, 6.45) is 2.57. The van der Waals surface area contributed by atoms with Crippen LogP contribution in [0, 0.1) is 10.1 Å². The molecule has 0 N–H and O–H groups in total. The van der Waals surface area contributed by atoms with Crippen molar-refractivity contribution >= 4 is 15.7 Å². The van der Waals surface area contributed by atoms with Crippen LogP contribution in [-0.4, -0.2) is 58.5 Å². The lowest BCUT2D eigenvalue weighted by Gasteiger charge is -2.33. The fourth-order valence-corrected chi connectivity index (χ4v) is 4.03. The van der Waals surface area contributed by atoms with E-state index in [1.54, 1.807) is 30.3 Å². The van der Waals surface area contributed by atoms with Gasteiger partial charge in [-0.25, -0.2) is 8.42 Å². The van der Waals surface area contributed by atoms with Crippen LogP contribution in [0.2, 0.25) is 0 Å². The Hall–Kier alpha value is -2.30. The van der Waals surface area contributed by atoms with Gasteiger partial charge in [-0.05, 0) is 12.1 Å². The maximum absolute atomic E-state index is 12.5. The molecule has 2 heterocycles. The molecule has 1 saturated heterocycles. The molecule has 1 aromatic heterocycles. The number of sulfonamides is 1. The third-order valence-corrected chi connectivity index (χ3v) is 5.80. The van der Waals surface area contributed by atoms with Gasteiger partial charge < -0.3 is 0 Å². The van der Waals surface area contributed by atoms with Gasteiger partial charge in [-0.1, -0.05) is 18.2 Å². The van der Waals surface area contributed by atoms with E-state index in [0.29, 0.717) is 37.7 Å². The standard InChI is InChI=1S/C14H17N5O4S/c20-19(21)13-10-15-17(11-13)12-16-6-8-18(9-7-16)24(22,23)14-4-2-1-3-5-14/h1-5,10-11H,6-9,12H2. The summed E-state index contributed by atoms with van der Waals surface area (Å²) in [5.74, 6) is 0. The molecular formula is C14H17N5O4S. The van der Waals surface area contributed by atoms with Crippen molar-refractivity contribution in [3.8, 4) is 0 Å². The number of aromatic nitrogens is 2. The predicted octanol–water partition coefficient (Wildman–Crippen LogP) is 0.755. The van der Waals surface area contributed by atoms with E-state index in [1.807, 2.05) is 4.90 Å². The molecule has 1 aliphatic heterocycles. The van der Waals surface area contributed by atoms with E-state index >= 15 is 0 Å². The normalized spacial score (nSPS) is 17.0. The average molecular weight is 351 g/mol. The molecule has 3 rings (SSSR count). The number of benzene rings is 1. The molecule has 0 unspecified atom stereocenters. The fraction of sp³-hybridized carbons (Fsp3) is 0.357. The Balaban J connectivity index is 1.60. The van der Waals surface area contributed by atoms with Crippen molar-refractivity contribution in [2.24, 2.45) is 0 Å². The van der Waals surface area contributed by atoms with Gasteiger partial charge in [0.2, 0.25) is 10.0 Å². The molecular weight excluding hydrogens is 334 g/mol. The second-order valence-electron chi connectivity index (χ2n) is 5.47. The smallest absolute Gasteiger partial charge is 0.282 e. The second-order valence-corrected chi connectivity index (χ2v) is 7.41. The van der Waals surface area contributed by atoms with E-state index in [-0.39, 0.29) is 5.69 Å². The van der Waals surface area contributed by atoms with Gasteiger partial charge in [-0.3, -0.25) is 19.7 Å². The summed E-state index contributed by atoms with van der Waals surface area (Å²) in [6.45, 7) is 2.23. The van der Waals surface area contributed by atoms with Gasteiger partial charge in [0.15, 0.2) is 0 Å². The molecule has 128 valence electrons. The Morgan fingerprint density at radius 3 is 2.38 bits per heavy atom. The van der Waals surface area contributed by atoms with Crippen molar-refractivity contribution in [1.29, 1.82) is 0 Å². The van der Waals surface area contributed by atoms with Crippen molar-refractivity contribution in [3.63, 3.8) is 0 Å². The van der Waals surface area contributed by atoms with Gasteiger partial charge in [-0.2, -0.15) is 9.40 Å². The van der Waals surface area contributed by atoms with Crippen LogP contribution in [0.4, 0.5) is 5.69 Å². The molecule has 2 aromatic rings. The summed E-state index contributed by atoms with van der Waals surface area (Å²) in [5, 5.41) is 14.6. The van der Waals surface area contributed by atoms with E-state index in [0.717, 1.165) is 0 Å². The summed E-state index contributed by atoms with van der Waals surface area (Å²) >= 11 is 0. The zero-order valence-electron chi connectivity index (χ0n) is 12.9. The van der Waals surface area contributed by atoms with Crippen LogP contribution in [-0.2, 0) is 16.7 Å². The number of piperazine rings is 1. The largest absolute Gasteiger partial charge is 0.307 e. The van der Waals surface area contributed by atoms with E-state index < -0.39 is 14.9 Å². The highest BCUT2D eigenvalue weighted by Gasteiger charge is 2.28. The van der Waals surface area contributed by atoms with Crippen molar-refractivity contribution in [2.45, 2.75) is 11.6 Å². The molecule has 1 aromatic carbocycles. The second kappa shape index (κ2) is 6.67. The molecule has 0 spiro atoms. The zero-order valence-corrected chi connectivity index (χ0v) is 13.7. The summed E-state index contributed by atoms with van der Waals surface area (Å²) in [6, 6.07) is 8.36. The van der Waals surface area contributed by atoms with E-state index in [9.17, 15) is 18.5 Å². The number of hydrogen-bond donors (Lipinski definition) is 0. The van der Waals surface area contributed by atoms with Crippen LogP contribution in [0.3, 0.4) is 0 Å². The minimum atomic E-state index is -3.47. The lowest BCUT2D eigenvalue weighted by Crippen LogP contribution is -2.48. The van der Waals surface area contributed by atoms with E-state index in [1.165, 1.54) is 21.4 Å². The maximum atomic E-state index is 12.5. The van der Waals surface area contributed by atoms with Gasteiger partial charge in [0.25, 0.3) is 0 Å². The van der Waals surface area contributed by atoms with Crippen molar-refractivity contribution in [2.75, 3.05) is 26.2 Å². The third-order valence-electron chi connectivity index (χ3n) is 3.89. The molecule has 0 aliphatic carbocycles. The molecule has 0 bridgehead atoms. The summed E-state index contributed by atoms with van der Waals surface area (Å²) < 4.78 is 28.0. The number of nitro groups is 1. The van der Waals surface area contributed by atoms with Gasteiger partial charge >= 0.3 is 5.69 Å². The number of rotatable bonds is 5. The quantitative estimate of drug-likeness (QED) is 0.582. The topological polar surface area (TPSA) is 102 Å². The van der Waals surface area contributed by atoms with Crippen molar-refractivity contribution in [1.82, 2.24) is 19.0 Å². The molecule has 10 heteroatoms. The predicted molar refractivity (Wildman–Crippen MR) is 85.7 cm³/mol. The van der Waals surface area contributed by atoms with Gasteiger partial charge in [0.1, 0.15) is 12.4 Å². The van der Waals surface area contributed by atoms with Crippen LogP contribution in [0.15, 0.2) is 47.6 Å². The summed E-state index contributed by atoms with van der Waals surface area (Å²) in [7, 11) is -3.47. The molecule has 9 nitrogen and oxygen atoms in total. The molecule has 0 radical (unpaired) electrons.